The maximum atomic E-state index is 6.08. The van der Waals surface area contributed by atoms with Crippen LogP contribution in [0.15, 0.2) is 12.1 Å². The van der Waals surface area contributed by atoms with Crippen LogP contribution in [-0.4, -0.2) is 27.7 Å². The van der Waals surface area contributed by atoms with Crippen LogP contribution in [0.3, 0.4) is 0 Å². The molecule has 1 aliphatic rings. The number of aryl methyl sites for hydroxylation is 1. The topological polar surface area (TPSA) is 66.0 Å². The van der Waals surface area contributed by atoms with Crippen molar-refractivity contribution in [3.05, 3.63) is 17.8 Å². The fraction of sp³-hybridized carbons (Fsp3) is 0.538. The van der Waals surface area contributed by atoms with E-state index in [-0.39, 0.29) is 5.54 Å². The number of anilines is 1. The molecule has 0 aliphatic carbocycles. The van der Waals surface area contributed by atoms with E-state index in [1.165, 1.54) is 0 Å². The van der Waals surface area contributed by atoms with Crippen molar-refractivity contribution in [2.24, 2.45) is 0 Å². The molecule has 2 aromatic rings. The summed E-state index contributed by atoms with van der Waals surface area (Å²) in [5.41, 5.74) is 8.62. The molecule has 1 unspecified atom stereocenters. The average Bonchev–Trinajstić information content (AvgIpc) is 2.66. The first-order valence-corrected chi connectivity index (χ1v) is 6.30. The minimum atomic E-state index is -0.141. The Morgan fingerprint density at radius 3 is 2.94 bits per heavy atom. The fourth-order valence-corrected chi connectivity index (χ4v) is 2.70. The Morgan fingerprint density at radius 1 is 1.39 bits per heavy atom. The van der Waals surface area contributed by atoms with E-state index in [9.17, 15) is 0 Å². The Morgan fingerprint density at radius 2 is 2.22 bits per heavy atom. The zero-order valence-corrected chi connectivity index (χ0v) is 10.8. The highest BCUT2D eigenvalue weighted by Gasteiger charge is 2.33. The summed E-state index contributed by atoms with van der Waals surface area (Å²) in [5, 5.41) is 0. The van der Waals surface area contributed by atoms with Gasteiger partial charge in [0.1, 0.15) is 5.52 Å². The Kier molecular flexibility index (Phi) is 2.52. The highest BCUT2D eigenvalue weighted by Crippen LogP contribution is 2.32. The largest absolute Gasteiger partial charge is 0.379 e. The zero-order chi connectivity index (χ0) is 12.8. The van der Waals surface area contributed by atoms with Crippen molar-refractivity contribution in [2.45, 2.75) is 32.2 Å². The number of ether oxygens (including phenoxy) is 1. The van der Waals surface area contributed by atoms with E-state index in [0.29, 0.717) is 12.6 Å². The summed E-state index contributed by atoms with van der Waals surface area (Å²) in [6.45, 7) is 5.63. The number of rotatable bonds is 1. The second-order valence-corrected chi connectivity index (χ2v) is 5.25. The maximum Gasteiger partial charge on any atom is 0.203 e. The van der Waals surface area contributed by atoms with Gasteiger partial charge in [0.15, 0.2) is 5.65 Å². The molecule has 0 radical (unpaired) electrons. The Bertz CT molecular complexity index is 584. The van der Waals surface area contributed by atoms with Crippen molar-refractivity contribution in [3.8, 4) is 0 Å². The summed E-state index contributed by atoms with van der Waals surface area (Å²) in [6.07, 6.45) is 2.08. The van der Waals surface area contributed by atoms with Crippen LogP contribution in [0.1, 0.15) is 25.5 Å². The Hall–Kier alpha value is -1.62. The van der Waals surface area contributed by atoms with Crippen molar-refractivity contribution in [3.63, 3.8) is 0 Å². The van der Waals surface area contributed by atoms with Gasteiger partial charge in [-0.1, -0.05) is 0 Å². The second-order valence-electron chi connectivity index (χ2n) is 5.25. The minimum Gasteiger partial charge on any atom is -0.379 e. The van der Waals surface area contributed by atoms with Crippen molar-refractivity contribution < 1.29 is 4.74 Å². The molecule has 5 nitrogen and oxygen atoms in total. The highest BCUT2D eigenvalue weighted by molar-refractivity contribution is 5.74. The number of aromatic nitrogens is 3. The predicted octanol–water partition coefficient (Wildman–Crippen LogP) is 1.85. The molecule has 5 heteroatoms. The quantitative estimate of drug-likeness (QED) is 0.834. The van der Waals surface area contributed by atoms with Crippen molar-refractivity contribution in [2.75, 3.05) is 18.9 Å². The first-order chi connectivity index (χ1) is 8.60. The molecule has 2 N–H and O–H groups in total. The SMILES string of the molecule is Cc1ccc2nc(N)n(C3(C)CCCOC3)c2n1. The van der Waals surface area contributed by atoms with Crippen molar-refractivity contribution >= 4 is 17.1 Å². The van der Waals surface area contributed by atoms with Crippen molar-refractivity contribution in [1.82, 2.24) is 14.5 Å². The number of hydrogen-bond acceptors (Lipinski definition) is 4. The van der Waals surface area contributed by atoms with Gasteiger partial charge in [0.05, 0.1) is 12.1 Å². The van der Waals surface area contributed by atoms with Gasteiger partial charge >= 0.3 is 0 Å². The van der Waals surface area contributed by atoms with Crippen molar-refractivity contribution in [1.29, 1.82) is 0 Å². The molecule has 1 saturated heterocycles. The van der Waals surface area contributed by atoms with Crippen LogP contribution >= 0.6 is 0 Å². The molecule has 1 fully saturated rings. The normalized spacial score (nSPS) is 24.6. The summed E-state index contributed by atoms with van der Waals surface area (Å²) < 4.78 is 7.65. The first kappa shape index (κ1) is 11.5. The van der Waals surface area contributed by atoms with E-state index < -0.39 is 0 Å². The number of pyridine rings is 1. The third-order valence-electron chi connectivity index (χ3n) is 3.63. The van der Waals surface area contributed by atoms with E-state index >= 15 is 0 Å². The Balaban J connectivity index is 2.20. The van der Waals surface area contributed by atoms with Gasteiger partial charge in [0.25, 0.3) is 0 Å². The van der Waals surface area contributed by atoms with E-state index in [2.05, 4.69) is 16.9 Å². The molecule has 96 valence electrons. The fourth-order valence-electron chi connectivity index (χ4n) is 2.70. The van der Waals surface area contributed by atoms with Gasteiger partial charge in [-0.05, 0) is 38.8 Å². The molecule has 18 heavy (non-hydrogen) atoms. The molecule has 0 saturated carbocycles. The zero-order valence-electron chi connectivity index (χ0n) is 10.8. The van der Waals surface area contributed by atoms with Crippen LogP contribution in [0.2, 0.25) is 0 Å². The third kappa shape index (κ3) is 1.66. The van der Waals surface area contributed by atoms with Gasteiger partial charge in [-0.3, -0.25) is 4.57 Å². The molecular formula is C13H18N4O. The molecule has 0 amide bonds. The molecule has 0 spiro atoms. The van der Waals surface area contributed by atoms with Gasteiger partial charge in [-0.15, -0.1) is 0 Å². The van der Waals surface area contributed by atoms with Crippen LogP contribution in [0.25, 0.3) is 11.2 Å². The lowest BCUT2D eigenvalue weighted by atomic mass is 9.94. The smallest absolute Gasteiger partial charge is 0.203 e. The molecule has 0 bridgehead atoms. The van der Waals surface area contributed by atoms with E-state index in [1.54, 1.807) is 0 Å². The lowest BCUT2D eigenvalue weighted by Crippen LogP contribution is -2.39. The van der Waals surface area contributed by atoms with Crippen LogP contribution in [-0.2, 0) is 10.3 Å². The molecule has 0 aromatic carbocycles. The van der Waals surface area contributed by atoms with Gasteiger partial charge < -0.3 is 10.5 Å². The van der Waals surface area contributed by atoms with Gasteiger partial charge in [-0.2, -0.15) is 0 Å². The van der Waals surface area contributed by atoms with E-state index in [0.717, 1.165) is 36.3 Å². The first-order valence-electron chi connectivity index (χ1n) is 6.30. The van der Waals surface area contributed by atoms with Crippen LogP contribution in [0, 0.1) is 6.92 Å². The standard InChI is InChI=1S/C13H18N4O/c1-9-4-5-10-11(15-9)17(12(14)16-10)13(2)6-3-7-18-8-13/h4-5H,3,6-8H2,1-2H3,(H2,14,16). The molecule has 3 rings (SSSR count). The van der Waals surface area contributed by atoms with Crippen LogP contribution < -0.4 is 5.73 Å². The molecule has 1 atom stereocenters. The lowest BCUT2D eigenvalue weighted by molar-refractivity contribution is 0.0122. The lowest BCUT2D eigenvalue weighted by Gasteiger charge is -2.35. The second kappa shape index (κ2) is 3.95. The molecule has 3 heterocycles. The number of fused-ring (bicyclic) bond motifs is 1. The summed E-state index contributed by atoms with van der Waals surface area (Å²) in [5.74, 6) is 0.524. The van der Waals surface area contributed by atoms with Crippen LogP contribution in [0.5, 0.6) is 0 Å². The van der Waals surface area contributed by atoms with E-state index in [4.69, 9.17) is 10.5 Å². The van der Waals surface area contributed by atoms with Crippen LogP contribution in [0.4, 0.5) is 5.95 Å². The number of nitrogens with two attached hydrogens (primary N) is 1. The third-order valence-corrected chi connectivity index (χ3v) is 3.63. The summed E-state index contributed by atoms with van der Waals surface area (Å²) in [4.78, 5) is 8.98. The molecule has 2 aromatic heterocycles. The summed E-state index contributed by atoms with van der Waals surface area (Å²) >= 11 is 0. The number of imidazole rings is 1. The van der Waals surface area contributed by atoms with Gasteiger partial charge in [0.2, 0.25) is 5.95 Å². The number of nitrogen functional groups attached to an aromatic ring is 1. The highest BCUT2D eigenvalue weighted by atomic mass is 16.5. The van der Waals surface area contributed by atoms with Gasteiger partial charge in [-0.25, -0.2) is 9.97 Å². The number of hydrogen-bond donors (Lipinski definition) is 1. The number of nitrogens with zero attached hydrogens (tertiary/aromatic N) is 3. The van der Waals surface area contributed by atoms with Gasteiger partial charge in [0, 0.05) is 12.3 Å². The maximum absolute atomic E-state index is 6.08. The monoisotopic (exact) mass is 246 g/mol. The summed E-state index contributed by atoms with van der Waals surface area (Å²) in [6, 6.07) is 3.93. The minimum absolute atomic E-state index is 0.141. The average molecular weight is 246 g/mol. The molecule has 1 aliphatic heterocycles. The predicted molar refractivity (Wildman–Crippen MR) is 70.4 cm³/mol. The molecular weight excluding hydrogens is 228 g/mol. The Labute approximate surface area is 106 Å². The summed E-state index contributed by atoms with van der Waals surface area (Å²) in [7, 11) is 0. The van der Waals surface area contributed by atoms with E-state index in [1.807, 2.05) is 23.6 Å².